The van der Waals surface area contributed by atoms with Crippen LogP contribution in [0.4, 0.5) is 5.69 Å². The molecule has 6 heteroatoms. The molecule has 0 radical (unpaired) electrons. The molecule has 19 heavy (non-hydrogen) atoms. The maximum Gasteiger partial charge on any atom is 0.267 e. The minimum Gasteiger partial charge on any atom is -0.324 e. The molecule has 1 heterocycles. The molecule has 2 aromatic rings. The van der Waals surface area contributed by atoms with E-state index in [0.717, 1.165) is 9.15 Å². The SMILES string of the molecule is CC(C(=O)Nc1cccc(Br)c1)n1ncccc1=O. The van der Waals surface area contributed by atoms with E-state index in [9.17, 15) is 9.59 Å². The largest absolute Gasteiger partial charge is 0.324 e. The Balaban J connectivity index is 2.17. The third-order valence-electron chi connectivity index (χ3n) is 2.58. The van der Waals surface area contributed by atoms with Crippen LogP contribution in [0.25, 0.3) is 0 Å². The van der Waals surface area contributed by atoms with Gasteiger partial charge in [-0.1, -0.05) is 22.0 Å². The van der Waals surface area contributed by atoms with Crippen LogP contribution >= 0.6 is 15.9 Å². The van der Waals surface area contributed by atoms with Gasteiger partial charge in [0.25, 0.3) is 5.56 Å². The zero-order valence-corrected chi connectivity index (χ0v) is 11.8. The lowest BCUT2D eigenvalue weighted by Crippen LogP contribution is -2.32. The quantitative estimate of drug-likeness (QED) is 0.942. The van der Waals surface area contributed by atoms with E-state index in [2.05, 4.69) is 26.3 Å². The number of hydrogen-bond acceptors (Lipinski definition) is 3. The molecule has 2 rings (SSSR count). The van der Waals surface area contributed by atoms with Gasteiger partial charge < -0.3 is 5.32 Å². The average molecular weight is 322 g/mol. The predicted octanol–water partition coefficient (Wildman–Crippen LogP) is 2.21. The highest BCUT2D eigenvalue weighted by Gasteiger charge is 2.16. The van der Waals surface area contributed by atoms with E-state index in [1.54, 1.807) is 19.1 Å². The summed E-state index contributed by atoms with van der Waals surface area (Å²) in [6.07, 6.45) is 1.48. The van der Waals surface area contributed by atoms with Gasteiger partial charge in [0.15, 0.2) is 0 Å². The van der Waals surface area contributed by atoms with Crippen molar-refractivity contribution >= 4 is 27.5 Å². The minimum absolute atomic E-state index is 0.293. The number of rotatable bonds is 3. The number of carbonyl (C=O) groups is 1. The summed E-state index contributed by atoms with van der Waals surface area (Å²) in [5.74, 6) is -0.293. The Bertz CT molecular complexity index is 654. The number of aromatic nitrogens is 2. The molecule has 0 bridgehead atoms. The van der Waals surface area contributed by atoms with E-state index in [-0.39, 0.29) is 11.5 Å². The topological polar surface area (TPSA) is 64.0 Å². The van der Waals surface area contributed by atoms with Crippen LogP contribution in [0, 0.1) is 0 Å². The molecule has 5 nitrogen and oxygen atoms in total. The van der Waals surface area contributed by atoms with Crippen LogP contribution < -0.4 is 10.9 Å². The van der Waals surface area contributed by atoms with E-state index in [0.29, 0.717) is 5.69 Å². The lowest BCUT2D eigenvalue weighted by Gasteiger charge is -2.13. The van der Waals surface area contributed by atoms with Crippen LogP contribution in [0.5, 0.6) is 0 Å². The molecule has 0 saturated carbocycles. The number of anilines is 1. The number of amides is 1. The van der Waals surface area contributed by atoms with E-state index in [1.165, 1.54) is 18.3 Å². The fourth-order valence-corrected chi connectivity index (χ4v) is 1.98. The molecule has 0 spiro atoms. The second-order valence-electron chi connectivity index (χ2n) is 3.98. The first kappa shape index (κ1) is 13.5. The number of hydrogen-bond donors (Lipinski definition) is 1. The van der Waals surface area contributed by atoms with Gasteiger partial charge in [-0.3, -0.25) is 9.59 Å². The van der Waals surface area contributed by atoms with Crippen LogP contribution in [0.1, 0.15) is 13.0 Å². The molecule has 1 amide bonds. The van der Waals surface area contributed by atoms with Crippen molar-refractivity contribution in [2.75, 3.05) is 5.32 Å². The van der Waals surface area contributed by atoms with Gasteiger partial charge in [-0.15, -0.1) is 0 Å². The second-order valence-corrected chi connectivity index (χ2v) is 4.90. The molecular formula is C13H12BrN3O2. The van der Waals surface area contributed by atoms with Crippen LogP contribution in [0.3, 0.4) is 0 Å². The minimum atomic E-state index is -0.673. The van der Waals surface area contributed by atoms with Gasteiger partial charge in [0.05, 0.1) is 0 Å². The maximum absolute atomic E-state index is 12.1. The van der Waals surface area contributed by atoms with Crippen molar-refractivity contribution in [1.82, 2.24) is 9.78 Å². The zero-order chi connectivity index (χ0) is 13.8. The van der Waals surface area contributed by atoms with Gasteiger partial charge in [-0.05, 0) is 31.2 Å². The Kier molecular flexibility index (Phi) is 4.11. The summed E-state index contributed by atoms with van der Waals surface area (Å²) < 4.78 is 2.01. The second kappa shape index (κ2) is 5.79. The molecule has 98 valence electrons. The molecule has 1 aromatic heterocycles. The fourth-order valence-electron chi connectivity index (χ4n) is 1.58. The van der Waals surface area contributed by atoms with E-state index in [1.807, 2.05) is 12.1 Å². The molecule has 0 saturated heterocycles. The molecule has 1 N–H and O–H groups in total. The fraction of sp³-hybridized carbons (Fsp3) is 0.154. The van der Waals surface area contributed by atoms with Crippen molar-refractivity contribution in [3.8, 4) is 0 Å². The normalized spacial score (nSPS) is 11.9. The molecule has 0 fully saturated rings. The Morgan fingerprint density at radius 2 is 2.16 bits per heavy atom. The lowest BCUT2D eigenvalue weighted by molar-refractivity contribution is -0.119. The number of carbonyl (C=O) groups excluding carboxylic acids is 1. The zero-order valence-electron chi connectivity index (χ0n) is 10.2. The summed E-state index contributed by atoms with van der Waals surface area (Å²) in [6, 6.07) is 9.48. The smallest absolute Gasteiger partial charge is 0.267 e. The predicted molar refractivity (Wildman–Crippen MR) is 76.0 cm³/mol. The summed E-state index contributed by atoms with van der Waals surface area (Å²) in [5.41, 5.74) is 0.356. The van der Waals surface area contributed by atoms with E-state index < -0.39 is 6.04 Å². The summed E-state index contributed by atoms with van der Waals surface area (Å²) in [4.78, 5) is 23.6. The number of halogens is 1. The third-order valence-corrected chi connectivity index (χ3v) is 3.07. The maximum atomic E-state index is 12.1. The molecule has 1 unspecified atom stereocenters. The molecule has 1 atom stereocenters. The molecular weight excluding hydrogens is 310 g/mol. The summed E-state index contributed by atoms with van der Waals surface area (Å²) in [7, 11) is 0. The third kappa shape index (κ3) is 3.29. The highest BCUT2D eigenvalue weighted by atomic mass is 79.9. The summed E-state index contributed by atoms with van der Waals surface area (Å²) in [6.45, 7) is 1.63. The van der Waals surface area contributed by atoms with Crippen molar-refractivity contribution in [2.45, 2.75) is 13.0 Å². The van der Waals surface area contributed by atoms with Gasteiger partial charge in [0, 0.05) is 22.4 Å². The van der Waals surface area contributed by atoms with Crippen molar-refractivity contribution < 1.29 is 4.79 Å². The van der Waals surface area contributed by atoms with Gasteiger partial charge in [0.1, 0.15) is 6.04 Å². The van der Waals surface area contributed by atoms with Crippen molar-refractivity contribution in [3.05, 3.63) is 57.4 Å². The number of nitrogens with zero attached hydrogens (tertiary/aromatic N) is 2. The average Bonchev–Trinajstić information content (AvgIpc) is 2.38. The highest BCUT2D eigenvalue weighted by Crippen LogP contribution is 2.16. The molecule has 1 aromatic carbocycles. The Morgan fingerprint density at radius 1 is 1.37 bits per heavy atom. The van der Waals surface area contributed by atoms with Crippen LogP contribution in [-0.4, -0.2) is 15.7 Å². The summed E-state index contributed by atoms with van der Waals surface area (Å²) >= 11 is 3.33. The van der Waals surface area contributed by atoms with Crippen molar-refractivity contribution in [2.24, 2.45) is 0 Å². The Morgan fingerprint density at radius 3 is 2.84 bits per heavy atom. The number of nitrogens with one attached hydrogen (secondary N) is 1. The Hall–Kier alpha value is -1.95. The highest BCUT2D eigenvalue weighted by molar-refractivity contribution is 9.10. The molecule has 0 aliphatic heterocycles. The first-order valence-corrected chi connectivity index (χ1v) is 6.47. The van der Waals surface area contributed by atoms with E-state index >= 15 is 0 Å². The van der Waals surface area contributed by atoms with Gasteiger partial charge >= 0.3 is 0 Å². The monoisotopic (exact) mass is 321 g/mol. The number of benzene rings is 1. The van der Waals surface area contributed by atoms with Gasteiger partial charge in [-0.2, -0.15) is 5.10 Å². The van der Waals surface area contributed by atoms with Crippen molar-refractivity contribution in [3.63, 3.8) is 0 Å². The standard InChI is InChI=1S/C13H12BrN3O2/c1-9(17-12(18)6-3-7-15-17)13(19)16-11-5-2-4-10(14)8-11/h2-9H,1H3,(H,16,19). The molecule has 0 aliphatic carbocycles. The van der Waals surface area contributed by atoms with Gasteiger partial charge in [-0.25, -0.2) is 4.68 Å². The first-order valence-electron chi connectivity index (χ1n) is 5.68. The van der Waals surface area contributed by atoms with Crippen LogP contribution in [0.15, 0.2) is 51.9 Å². The van der Waals surface area contributed by atoms with Crippen LogP contribution in [-0.2, 0) is 4.79 Å². The van der Waals surface area contributed by atoms with E-state index in [4.69, 9.17) is 0 Å². The Labute approximate surface area is 118 Å². The summed E-state index contributed by atoms with van der Waals surface area (Å²) in [5, 5.41) is 6.63. The van der Waals surface area contributed by atoms with Crippen molar-refractivity contribution in [1.29, 1.82) is 0 Å². The molecule has 0 aliphatic rings. The first-order chi connectivity index (χ1) is 9.08. The van der Waals surface area contributed by atoms with Crippen LogP contribution in [0.2, 0.25) is 0 Å². The van der Waals surface area contributed by atoms with Gasteiger partial charge in [0.2, 0.25) is 5.91 Å². The lowest BCUT2D eigenvalue weighted by atomic mass is 10.2.